The summed E-state index contributed by atoms with van der Waals surface area (Å²) in [5, 5.41) is 25.2. The van der Waals surface area contributed by atoms with E-state index in [1.807, 2.05) is 16.7 Å². The SMILES string of the molecule is COc1ccc(F)cc1C(C)(O)c1nc2c3c(ccc2n1C1CCCC(C(=O)O)C1)N[C@@H](C)CC3. The number of aliphatic carboxylic acids is 1. The fraction of sp³-hybridized carbons (Fsp3) is 0.481. The van der Waals surface area contributed by atoms with Gasteiger partial charge in [-0.2, -0.15) is 0 Å². The zero-order chi connectivity index (χ0) is 24.9. The van der Waals surface area contributed by atoms with Crippen LogP contribution in [0.5, 0.6) is 5.75 Å². The van der Waals surface area contributed by atoms with E-state index in [1.54, 1.807) is 6.92 Å². The Balaban J connectivity index is 1.74. The topological polar surface area (TPSA) is 96.6 Å². The molecule has 2 heterocycles. The van der Waals surface area contributed by atoms with Gasteiger partial charge in [0.2, 0.25) is 0 Å². The Morgan fingerprint density at radius 2 is 2.06 bits per heavy atom. The van der Waals surface area contributed by atoms with E-state index in [9.17, 15) is 19.4 Å². The minimum Gasteiger partial charge on any atom is -0.496 e. The predicted octanol–water partition coefficient (Wildman–Crippen LogP) is 5.00. The second kappa shape index (κ2) is 8.82. The minimum atomic E-state index is -1.68. The van der Waals surface area contributed by atoms with E-state index in [1.165, 1.54) is 25.3 Å². The van der Waals surface area contributed by atoms with E-state index < -0.39 is 23.3 Å². The van der Waals surface area contributed by atoms with Crippen LogP contribution in [0.15, 0.2) is 30.3 Å². The van der Waals surface area contributed by atoms with Crippen LogP contribution in [0.4, 0.5) is 10.1 Å². The number of ether oxygens (including phenoxy) is 1. The number of fused-ring (bicyclic) bond motifs is 3. The lowest BCUT2D eigenvalue weighted by Crippen LogP contribution is -2.32. The standard InChI is InChI=1S/C27H32FN3O4/c1-15-7-9-19-21(29-15)10-11-22-24(19)30-26(31(22)18-6-4-5-16(13-18)25(32)33)27(2,34)20-14-17(28)8-12-23(20)35-3/h8,10-12,14-16,18,29,34H,4-7,9,13H2,1-3H3,(H,32,33)/t15-,16?,18?,27?/m0/s1. The number of imidazole rings is 1. The van der Waals surface area contributed by atoms with Crippen molar-refractivity contribution in [2.75, 3.05) is 12.4 Å². The number of carboxylic acid groups (broad SMARTS) is 1. The van der Waals surface area contributed by atoms with E-state index in [0.29, 0.717) is 30.5 Å². The molecule has 0 saturated heterocycles. The van der Waals surface area contributed by atoms with Crippen molar-refractivity contribution in [1.82, 2.24) is 9.55 Å². The summed E-state index contributed by atoms with van der Waals surface area (Å²) >= 11 is 0. The molecule has 35 heavy (non-hydrogen) atoms. The van der Waals surface area contributed by atoms with Crippen molar-refractivity contribution < 1.29 is 24.1 Å². The van der Waals surface area contributed by atoms with Gasteiger partial charge >= 0.3 is 5.97 Å². The van der Waals surface area contributed by atoms with Crippen molar-refractivity contribution in [2.24, 2.45) is 5.92 Å². The van der Waals surface area contributed by atoms with Crippen molar-refractivity contribution in [2.45, 2.75) is 70.1 Å². The highest BCUT2D eigenvalue weighted by molar-refractivity contribution is 5.86. The summed E-state index contributed by atoms with van der Waals surface area (Å²) in [5.41, 5.74) is 2.38. The van der Waals surface area contributed by atoms with E-state index in [-0.39, 0.29) is 11.6 Å². The molecule has 1 fully saturated rings. The number of hydrogen-bond acceptors (Lipinski definition) is 5. The van der Waals surface area contributed by atoms with Gasteiger partial charge in [-0.25, -0.2) is 9.37 Å². The lowest BCUT2D eigenvalue weighted by Gasteiger charge is -2.33. The smallest absolute Gasteiger partial charge is 0.306 e. The van der Waals surface area contributed by atoms with E-state index in [2.05, 4.69) is 12.2 Å². The van der Waals surface area contributed by atoms with Gasteiger partial charge in [-0.3, -0.25) is 4.79 Å². The molecule has 0 radical (unpaired) electrons. The monoisotopic (exact) mass is 481 g/mol. The van der Waals surface area contributed by atoms with Crippen LogP contribution in [0.3, 0.4) is 0 Å². The lowest BCUT2D eigenvalue weighted by molar-refractivity contribution is -0.143. The first kappa shape index (κ1) is 23.6. The molecule has 1 aliphatic heterocycles. The predicted molar refractivity (Wildman–Crippen MR) is 131 cm³/mol. The zero-order valence-corrected chi connectivity index (χ0v) is 20.3. The highest BCUT2D eigenvalue weighted by atomic mass is 19.1. The van der Waals surface area contributed by atoms with Gasteiger partial charge in [0.05, 0.1) is 24.1 Å². The van der Waals surface area contributed by atoms with Crippen LogP contribution < -0.4 is 10.1 Å². The molecule has 3 N–H and O–H groups in total. The number of hydrogen-bond donors (Lipinski definition) is 3. The summed E-state index contributed by atoms with van der Waals surface area (Å²) in [6, 6.07) is 8.33. The van der Waals surface area contributed by atoms with Crippen LogP contribution in [0.25, 0.3) is 11.0 Å². The molecule has 2 aliphatic rings. The maximum atomic E-state index is 14.3. The molecule has 3 unspecified atom stereocenters. The summed E-state index contributed by atoms with van der Waals surface area (Å²) in [6.45, 7) is 3.75. The van der Waals surface area contributed by atoms with Crippen molar-refractivity contribution in [1.29, 1.82) is 0 Å². The van der Waals surface area contributed by atoms with Crippen LogP contribution in [0.2, 0.25) is 0 Å². The first-order chi connectivity index (χ1) is 16.7. The third-order valence-electron chi connectivity index (χ3n) is 7.68. The Bertz CT molecular complexity index is 1290. The number of methoxy groups -OCH3 is 1. The largest absolute Gasteiger partial charge is 0.496 e. The molecule has 0 amide bonds. The Morgan fingerprint density at radius 3 is 2.80 bits per heavy atom. The Labute approximate surface area is 203 Å². The average Bonchev–Trinajstić information content (AvgIpc) is 3.24. The van der Waals surface area contributed by atoms with Crippen LogP contribution in [0.1, 0.15) is 68.9 Å². The van der Waals surface area contributed by atoms with Crippen LogP contribution in [0, 0.1) is 11.7 Å². The summed E-state index contributed by atoms with van der Waals surface area (Å²) in [7, 11) is 1.48. The second-order valence-electron chi connectivity index (χ2n) is 10.1. The van der Waals surface area contributed by atoms with Crippen molar-refractivity contribution in [3.8, 4) is 5.75 Å². The molecule has 186 valence electrons. The molecule has 7 nitrogen and oxygen atoms in total. The van der Waals surface area contributed by atoms with Crippen LogP contribution in [-0.2, 0) is 16.8 Å². The molecular weight excluding hydrogens is 449 g/mol. The number of carboxylic acids is 1. The molecular formula is C27H32FN3O4. The van der Waals surface area contributed by atoms with Crippen molar-refractivity contribution >= 4 is 22.7 Å². The summed E-state index contributed by atoms with van der Waals surface area (Å²) in [5.74, 6) is -0.996. The minimum absolute atomic E-state index is 0.149. The third-order valence-corrected chi connectivity index (χ3v) is 7.68. The molecule has 8 heteroatoms. The fourth-order valence-electron chi connectivity index (χ4n) is 5.82. The Morgan fingerprint density at radius 1 is 1.26 bits per heavy atom. The van der Waals surface area contributed by atoms with Gasteiger partial charge in [0.15, 0.2) is 0 Å². The van der Waals surface area contributed by atoms with E-state index in [4.69, 9.17) is 9.72 Å². The number of rotatable bonds is 5. The number of aromatic nitrogens is 2. The number of nitrogens with one attached hydrogen (secondary N) is 1. The van der Waals surface area contributed by atoms with Gasteiger partial charge in [0.1, 0.15) is 23.0 Å². The number of anilines is 1. The first-order valence-corrected chi connectivity index (χ1v) is 12.3. The molecule has 1 aromatic heterocycles. The van der Waals surface area contributed by atoms with Gasteiger partial charge < -0.3 is 24.8 Å². The molecule has 1 saturated carbocycles. The molecule has 4 atom stereocenters. The number of carbonyl (C=O) groups is 1. The maximum absolute atomic E-state index is 14.3. The summed E-state index contributed by atoms with van der Waals surface area (Å²) in [6.07, 6.45) is 4.47. The highest BCUT2D eigenvalue weighted by Gasteiger charge is 2.39. The van der Waals surface area contributed by atoms with Crippen molar-refractivity contribution in [3.05, 3.63) is 53.1 Å². The highest BCUT2D eigenvalue weighted by Crippen LogP contribution is 2.43. The summed E-state index contributed by atoms with van der Waals surface area (Å²) in [4.78, 5) is 16.8. The second-order valence-corrected chi connectivity index (χ2v) is 10.1. The van der Waals surface area contributed by atoms with E-state index >= 15 is 0 Å². The van der Waals surface area contributed by atoms with Gasteiger partial charge in [0, 0.05) is 28.9 Å². The number of aryl methyl sites for hydroxylation is 1. The zero-order valence-electron chi connectivity index (χ0n) is 20.3. The van der Waals surface area contributed by atoms with Gasteiger partial charge in [-0.05, 0) is 76.3 Å². The number of halogens is 1. The first-order valence-electron chi connectivity index (χ1n) is 12.3. The maximum Gasteiger partial charge on any atom is 0.306 e. The summed E-state index contributed by atoms with van der Waals surface area (Å²) < 4.78 is 21.8. The normalized spacial score (nSPS) is 23.9. The average molecular weight is 482 g/mol. The van der Waals surface area contributed by atoms with Crippen LogP contribution >= 0.6 is 0 Å². The molecule has 0 spiro atoms. The van der Waals surface area contributed by atoms with Crippen LogP contribution in [-0.4, -0.2) is 38.9 Å². The quantitative estimate of drug-likeness (QED) is 0.475. The van der Waals surface area contributed by atoms with Gasteiger partial charge in [-0.1, -0.05) is 6.42 Å². The number of benzene rings is 2. The molecule has 0 bridgehead atoms. The lowest BCUT2D eigenvalue weighted by atomic mass is 9.84. The molecule has 5 rings (SSSR count). The van der Waals surface area contributed by atoms with Gasteiger partial charge in [-0.15, -0.1) is 0 Å². The van der Waals surface area contributed by atoms with Gasteiger partial charge in [0.25, 0.3) is 0 Å². The number of aliphatic hydroxyl groups is 1. The molecule has 2 aromatic carbocycles. The Hall–Kier alpha value is -3.13. The fourth-order valence-corrected chi connectivity index (χ4v) is 5.82. The number of nitrogens with zero attached hydrogens (tertiary/aromatic N) is 2. The Kier molecular flexibility index (Phi) is 5.95. The van der Waals surface area contributed by atoms with E-state index in [0.717, 1.165) is 48.0 Å². The third kappa shape index (κ3) is 4.03. The van der Waals surface area contributed by atoms with Crippen molar-refractivity contribution in [3.63, 3.8) is 0 Å². The molecule has 1 aliphatic carbocycles. The molecule has 3 aromatic rings.